The molecule has 1 N–H and O–H groups in total. The summed E-state index contributed by atoms with van der Waals surface area (Å²) in [7, 11) is 0. The lowest BCUT2D eigenvalue weighted by Crippen LogP contribution is -2.51. The third-order valence-corrected chi connectivity index (χ3v) is 6.50. The molecule has 0 radical (unpaired) electrons. The predicted octanol–water partition coefficient (Wildman–Crippen LogP) is 2.03. The molecule has 2 heterocycles. The summed E-state index contributed by atoms with van der Waals surface area (Å²) in [5.74, 6) is 1.38. The molecule has 2 saturated heterocycles. The Hall–Kier alpha value is -1.10. The summed E-state index contributed by atoms with van der Waals surface area (Å²) in [6, 6.07) is 0.135. The van der Waals surface area contributed by atoms with E-state index in [1.165, 1.54) is 0 Å². The Morgan fingerprint density at radius 3 is 2.46 bits per heavy atom. The first-order valence-corrected chi connectivity index (χ1v) is 9.81. The lowest BCUT2D eigenvalue weighted by Gasteiger charge is -2.41. The lowest BCUT2D eigenvalue weighted by molar-refractivity contribution is -0.143. The molecule has 5 heteroatoms. The van der Waals surface area contributed by atoms with Crippen molar-refractivity contribution in [1.82, 2.24) is 9.80 Å². The van der Waals surface area contributed by atoms with Crippen LogP contribution in [0.1, 0.15) is 58.3 Å². The number of hydrogen-bond acceptors (Lipinski definition) is 3. The van der Waals surface area contributed by atoms with Crippen LogP contribution in [-0.4, -0.2) is 59.0 Å². The highest BCUT2D eigenvalue weighted by atomic mass is 16.3. The molecule has 3 atom stereocenters. The van der Waals surface area contributed by atoms with Crippen LogP contribution in [0.15, 0.2) is 0 Å². The molecule has 24 heavy (non-hydrogen) atoms. The van der Waals surface area contributed by atoms with Gasteiger partial charge >= 0.3 is 0 Å². The van der Waals surface area contributed by atoms with Gasteiger partial charge in [-0.05, 0) is 43.9 Å². The van der Waals surface area contributed by atoms with Gasteiger partial charge in [-0.15, -0.1) is 0 Å². The highest BCUT2D eigenvalue weighted by molar-refractivity contribution is 5.82. The molecule has 0 aromatic rings. The molecule has 0 aromatic carbocycles. The van der Waals surface area contributed by atoms with Crippen LogP contribution in [0.2, 0.25) is 0 Å². The maximum absolute atomic E-state index is 13.1. The molecule has 3 rings (SSSR count). The van der Waals surface area contributed by atoms with Crippen LogP contribution in [0.3, 0.4) is 0 Å². The van der Waals surface area contributed by atoms with Gasteiger partial charge in [0.1, 0.15) is 0 Å². The second kappa shape index (κ2) is 7.85. The van der Waals surface area contributed by atoms with Crippen LogP contribution in [0.4, 0.5) is 0 Å². The van der Waals surface area contributed by atoms with E-state index in [0.29, 0.717) is 18.3 Å². The molecule has 3 aliphatic rings. The third kappa shape index (κ3) is 3.61. The standard InChI is InChI=1S/C19H32N2O3/c1-14(13-22)15-8-11-20(12-9-15)19(24)16-5-2-3-6-17(16)21-10-4-7-18(21)23/h14-17,22H,2-13H2,1H3/t14?,16-,17+/m1/s1. The minimum absolute atomic E-state index is 0.00705. The number of carbonyl (C=O) groups is 2. The van der Waals surface area contributed by atoms with E-state index in [9.17, 15) is 14.7 Å². The lowest BCUT2D eigenvalue weighted by atomic mass is 9.81. The Kier molecular flexibility index (Phi) is 5.80. The van der Waals surface area contributed by atoms with Crippen LogP contribution in [0.5, 0.6) is 0 Å². The average molecular weight is 336 g/mol. The van der Waals surface area contributed by atoms with Crippen molar-refractivity contribution in [1.29, 1.82) is 0 Å². The van der Waals surface area contributed by atoms with Gasteiger partial charge in [0.2, 0.25) is 11.8 Å². The van der Waals surface area contributed by atoms with E-state index in [1.54, 1.807) is 0 Å². The van der Waals surface area contributed by atoms with Gasteiger partial charge in [0, 0.05) is 38.7 Å². The summed E-state index contributed by atoms with van der Waals surface area (Å²) in [5.41, 5.74) is 0. The van der Waals surface area contributed by atoms with E-state index in [0.717, 1.165) is 64.6 Å². The largest absolute Gasteiger partial charge is 0.396 e. The summed E-state index contributed by atoms with van der Waals surface area (Å²) in [4.78, 5) is 29.3. The molecular formula is C19H32N2O3. The van der Waals surface area contributed by atoms with Gasteiger partial charge in [-0.25, -0.2) is 0 Å². The van der Waals surface area contributed by atoms with Crippen LogP contribution in [-0.2, 0) is 9.59 Å². The van der Waals surface area contributed by atoms with Crippen molar-refractivity contribution in [2.75, 3.05) is 26.2 Å². The van der Waals surface area contributed by atoms with Gasteiger partial charge in [-0.1, -0.05) is 19.8 Å². The summed E-state index contributed by atoms with van der Waals surface area (Å²) < 4.78 is 0. The van der Waals surface area contributed by atoms with Gasteiger partial charge in [-0.3, -0.25) is 9.59 Å². The summed E-state index contributed by atoms with van der Waals surface area (Å²) in [5, 5.41) is 9.33. The number of rotatable bonds is 4. The average Bonchev–Trinajstić information content (AvgIpc) is 3.06. The van der Waals surface area contributed by atoms with Crippen LogP contribution in [0.25, 0.3) is 0 Å². The SMILES string of the molecule is CC(CO)C1CCN(C(=O)[C@@H]2CCCC[C@@H]2N2CCCC2=O)CC1. The molecule has 2 amide bonds. The van der Waals surface area contributed by atoms with Crippen molar-refractivity contribution >= 4 is 11.8 Å². The smallest absolute Gasteiger partial charge is 0.227 e. The first-order chi connectivity index (χ1) is 11.6. The molecule has 1 aliphatic carbocycles. The monoisotopic (exact) mass is 336 g/mol. The first-order valence-electron chi connectivity index (χ1n) is 9.81. The number of likely N-dealkylation sites (tertiary alicyclic amines) is 2. The molecule has 136 valence electrons. The van der Waals surface area contributed by atoms with Crippen molar-refractivity contribution in [2.24, 2.45) is 17.8 Å². The summed E-state index contributed by atoms with van der Waals surface area (Å²) in [6.45, 7) is 4.79. The molecule has 0 spiro atoms. The quantitative estimate of drug-likeness (QED) is 0.854. The Bertz CT molecular complexity index is 460. The third-order valence-electron chi connectivity index (χ3n) is 6.50. The van der Waals surface area contributed by atoms with Crippen molar-refractivity contribution in [3.05, 3.63) is 0 Å². The van der Waals surface area contributed by atoms with Crippen molar-refractivity contribution < 1.29 is 14.7 Å². The molecule has 3 fully saturated rings. The second-order valence-corrected chi connectivity index (χ2v) is 7.97. The zero-order valence-corrected chi connectivity index (χ0v) is 15.0. The number of nitrogens with zero attached hydrogens (tertiary/aromatic N) is 2. The summed E-state index contributed by atoms with van der Waals surface area (Å²) in [6.07, 6.45) is 7.74. The highest BCUT2D eigenvalue weighted by Crippen LogP contribution is 2.34. The molecule has 2 aliphatic heterocycles. The van der Waals surface area contributed by atoms with Crippen molar-refractivity contribution in [2.45, 2.75) is 64.3 Å². The Balaban J connectivity index is 1.61. The fourth-order valence-corrected chi connectivity index (χ4v) is 4.86. The van der Waals surface area contributed by atoms with Crippen molar-refractivity contribution in [3.8, 4) is 0 Å². The van der Waals surface area contributed by atoms with E-state index in [1.807, 2.05) is 9.80 Å². The molecule has 0 aromatic heterocycles. The highest BCUT2D eigenvalue weighted by Gasteiger charge is 2.40. The molecular weight excluding hydrogens is 304 g/mol. The Morgan fingerprint density at radius 1 is 1.12 bits per heavy atom. The van der Waals surface area contributed by atoms with Gasteiger partial charge in [0.25, 0.3) is 0 Å². The topological polar surface area (TPSA) is 60.9 Å². The first kappa shape index (κ1) is 17.7. The molecule has 0 bridgehead atoms. The maximum atomic E-state index is 13.1. The van der Waals surface area contributed by atoms with Crippen LogP contribution in [0, 0.1) is 17.8 Å². The molecule has 5 nitrogen and oxygen atoms in total. The van der Waals surface area contributed by atoms with E-state index in [-0.39, 0.29) is 30.4 Å². The van der Waals surface area contributed by atoms with Crippen molar-refractivity contribution in [3.63, 3.8) is 0 Å². The number of hydrogen-bond donors (Lipinski definition) is 1. The summed E-state index contributed by atoms with van der Waals surface area (Å²) >= 11 is 0. The number of aliphatic hydroxyl groups excluding tert-OH is 1. The molecule has 1 unspecified atom stereocenters. The van der Waals surface area contributed by atoms with E-state index in [4.69, 9.17) is 0 Å². The number of carbonyl (C=O) groups excluding carboxylic acids is 2. The zero-order chi connectivity index (χ0) is 17.1. The Labute approximate surface area is 145 Å². The fourth-order valence-electron chi connectivity index (χ4n) is 4.86. The van der Waals surface area contributed by atoms with E-state index in [2.05, 4.69) is 6.92 Å². The minimum atomic E-state index is 0.00705. The van der Waals surface area contributed by atoms with Gasteiger partial charge in [0.15, 0.2) is 0 Å². The number of amides is 2. The van der Waals surface area contributed by atoms with Crippen LogP contribution < -0.4 is 0 Å². The molecule has 1 saturated carbocycles. The van der Waals surface area contributed by atoms with Gasteiger partial charge in [-0.2, -0.15) is 0 Å². The maximum Gasteiger partial charge on any atom is 0.227 e. The van der Waals surface area contributed by atoms with Crippen LogP contribution >= 0.6 is 0 Å². The number of aliphatic hydroxyl groups is 1. The second-order valence-electron chi connectivity index (χ2n) is 7.97. The fraction of sp³-hybridized carbons (Fsp3) is 0.895. The minimum Gasteiger partial charge on any atom is -0.396 e. The number of piperidine rings is 1. The van der Waals surface area contributed by atoms with Gasteiger partial charge in [0.05, 0.1) is 5.92 Å². The van der Waals surface area contributed by atoms with E-state index >= 15 is 0 Å². The zero-order valence-electron chi connectivity index (χ0n) is 15.0. The Morgan fingerprint density at radius 2 is 1.83 bits per heavy atom. The predicted molar refractivity (Wildman–Crippen MR) is 92.2 cm³/mol. The van der Waals surface area contributed by atoms with Gasteiger partial charge < -0.3 is 14.9 Å². The van der Waals surface area contributed by atoms with E-state index < -0.39 is 0 Å². The normalized spacial score (nSPS) is 30.7.